The van der Waals surface area contributed by atoms with Gasteiger partial charge in [0.1, 0.15) is 5.82 Å². The van der Waals surface area contributed by atoms with Crippen molar-refractivity contribution in [2.75, 3.05) is 20.8 Å². The van der Waals surface area contributed by atoms with Crippen LogP contribution in [-0.2, 0) is 20.9 Å². The minimum Gasteiger partial charge on any atom is -0.493 e. The van der Waals surface area contributed by atoms with E-state index in [9.17, 15) is 14.0 Å². The van der Waals surface area contributed by atoms with Gasteiger partial charge in [0.25, 0.3) is 5.91 Å². The number of halogens is 1. The molecule has 0 aliphatic carbocycles. The number of hydrogen-bond donors (Lipinski definition) is 0. The molecule has 0 aromatic heterocycles. The second kappa shape index (κ2) is 11.0. The number of likely N-dealkylation sites (N-methyl/N-ethyl adjacent to an activating group) is 1. The molecule has 0 heterocycles. The number of carbonyl (C=O) groups excluding carboxylic acids is 2. The Morgan fingerprint density at radius 3 is 2.53 bits per heavy atom. The third-order valence-corrected chi connectivity index (χ3v) is 4.09. The van der Waals surface area contributed by atoms with E-state index in [0.717, 1.165) is 0 Å². The smallest absolute Gasteiger partial charge is 0.331 e. The maximum atomic E-state index is 13.7. The van der Waals surface area contributed by atoms with Crippen LogP contribution in [0.15, 0.2) is 48.5 Å². The van der Waals surface area contributed by atoms with Crippen LogP contribution in [0.25, 0.3) is 6.08 Å². The van der Waals surface area contributed by atoms with Crippen molar-refractivity contribution in [3.05, 3.63) is 65.5 Å². The zero-order chi connectivity index (χ0) is 22.1. The summed E-state index contributed by atoms with van der Waals surface area (Å²) in [7, 11) is 3.05. The summed E-state index contributed by atoms with van der Waals surface area (Å²) >= 11 is 0. The van der Waals surface area contributed by atoms with Crippen molar-refractivity contribution in [3.8, 4) is 11.5 Å². The van der Waals surface area contributed by atoms with Gasteiger partial charge in [-0.3, -0.25) is 4.79 Å². The van der Waals surface area contributed by atoms with E-state index in [-0.39, 0.29) is 12.6 Å². The van der Waals surface area contributed by atoms with Crippen LogP contribution in [0.3, 0.4) is 0 Å². The van der Waals surface area contributed by atoms with Crippen LogP contribution in [0.2, 0.25) is 0 Å². The van der Waals surface area contributed by atoms with Crippen molar-refractivity contribution < 1.29 is 28.2 Å². The van der Waals surface area contributed by atoms with Gasteiger partial charge in [0, 0.05) is 25.2 Å². The Bertz CT molecular complexity index is 910. The van der Waals surface area contributed by atoms with Gasteiger partial charge in [-0.05, 0) is 43.7 Å². The van der Waals surface area contributed by atoms with Crippen molar-refractivity contribution in [1.82, 2.24) is 4.90 Å². The van der Waals surface area contributed by atoms with Crippen LogP contribution < -0.4 is 9.47 Å². The number of rotatable bonds is 9. The van der Waals surface area contributed by atoms with E-state index in [4.69, 9.17) is 14.2 Å². The summed E-state index contributed by atoms with van der Waals surface area (Å²) in [6.07, 6.45) is 2.78. The molecular formula is C23H26FNO5. The van der Waals surface area contributed by atoms with Crippen LogP contribution in [0.5, 0.6) is 11.5 Å². The molecule has 1 amide bonds. The Morgan fingerprint density at radius 1 is 1.13 bits per heavy atom. The van der Waals surface area contributed by atoms with Crippen molar-refractivity contribution in [1.29, 1.82) is 0 Å². The van der Waals surface area contributed by atoms with Gasteiger partial charge in [-0.1, -0.05) is 24.3 Å². The summed E-state index contributed by atoms with van der Waals surface area (Å²) in [5.74, 6) is -0.335. The molecule has 2 aromatic rings. The molecule has 0 fully saturated rings. The van der Waals surface area contributed by atoms with Gasteiger partial charge in [-0.15, -0.1) is 0 Å². The summed E-state index contributed by atoms with van der Waals surface area (Å²) in [6.45, 7) is 3.48. The van der Waals surface area contributed by atoms with E-state index in [2.05, 4.69) is 0 Å². The highest BCUT2D eigenvalue weighted by atomic mass is 19.1. The maximum absolute atomic E-state index is 13.7. The van der Waals surface area contributed by atoms with Crippen LogP contribution >= 0.6 is 0 Å². The van der Waals surface area contributed by atoms with Crippen molar-refractivity contribution in [2.24, 2.45) is 0 Å². The van der Waals surface area contributed by atoms with Crippen molar-refractivity contribution >= 4 is 18.0 Å². The Morgan fingerprint density at radius 2 is 1.87 bits per heavy atom. The SMILES string of the molecule is COc1cc(/C=C/C(=O)OCC(=O)N(C)Cc2ccccc2F)ccc1OC(C)C. The number of benzene rings is 2. The highest BCUT2D eigenvalue weighted by Crippen LogP contribution is 2.29. The Balaban J connectivity index is 1.88. The van der Waals surface area contributed by atoms with E-state index in [1.165, 1.54) is 31.2 Å². The number of esters is 1. The van der Waals surface area contributed by atoms with Crippen molar-refractivity contribution in [3.63, 3.8) is 0 Å². The highest BCUT2D eigenvalue weighted by molar-refractivity contribution is 5.89. The molecule has 0 radical (unpaired) electrons. The Kier molecular flexibility index (Phi) is 8.41. The lowest BCUT2D eigenvalue weighted by Crippen LogP contribution is -2.30. The molecule has 7 heteroatoms. The molecule has 0 aliphatic rings. The van der Waals surface area contributed by atoms with Gasteiger partial charge < -0.3 is 19.1 Å². The predicted molar refractivity (Wildman–Crippen MR) is 112 cm³/mol. The number of methoxy groups -OCH3 is 1. The van der Waals surface area contributed by atoms with Crippen LogP contribution in [-0.4, -0.2) is 43.6 Å². The first-order chi connectivity index (χ1) is 14.3. The monoisotopic (exact) mass is 415 g/mol. The van der Waals surface area contributed by atoms with Crippen molar-refractivity contribution in [2.45, 2.75) is 26.5 Å². The van der Waals surface area contributed by atoms with E-state index >= 15 is 0 Å². The summed E-state index contributed by atoms with van der Waals surface area (Å²) < 4.78 is 29.6. The predicted octanol–water partition coefficient (Wildman–Crippen LogP) is 3.84. The van der Waals surface area contributed by atoms with Gasteiger partial charge in [0.05, 0.1) is 13.2 Å². The standard InChI is InChI=1S/C23H26FNO5/c1-16(2)30-20-11-9-17(13-21(20)28-4)10-12-23(27)29-15-22(26)25(3)14-18-7-5-6-8-19(18)24/h5-13,16H,14-15H2,1-4H3/b12-10+. The van der Waals surface area contributed by atoms with Gasteiger partial charge in [-0.25, -0.2) is 9.18 Å². The summed E-state index contributed by atoms with van der Waals surface area (Å²) in [5.41, 5.74) is 1.10. The molecule has 0 aliphatic heterocycles. The summed E-state index contributed by atoms with van der Waals surface area (Å²) in [5, 5.41) is 0. The third kappa shape index (κ3) is 6.92. The highest BCUT2D eigenvalue weighted by Gasteiger charge is 2.13. The molecule has 0 saturated heterocycles. The zero-order valence-electron chi connectivity index (χ0n) is 17.6. The van der Waals surface area contributed by atoms with E-state index in [1.807, 2.05) is 13.8 Å². The molecular weight excluding hydrogens is 389 g/mol. The maximum Gasteiger partial charge on any atom is 0.331 e. The second-order valence-corrected chi connectivity index (χ2v) is 6.86. The lowest BCUT2D eigenvalue weighted by Gasteiger charge is -2.17. The number of amides is 1. The average Bonchev–Trinajstić information content (AvgIpc) is 2.72. The van der Waals surface area contributed by atoms with Gasteiger partial charge in [0.15, 0.2) is 18.1 Å². The third-order valence-electron chi connectivity index (χ3n) is 4.09. The molecule has 0 atom stereocenters. The number of carbonyl (C=O) groups is 2. The van der Waals surface area contributed by atoms with E-state index in [1.54, 1.807) is 42.5 Å². The molecule has 6 nitrogen and oxygen atoms in total. The van der Waals surface area contributed by atoms with Gasteiger partial charge in [0.2, 0.25) is 0 Å². The van der Waals surface area contributed by atoms with Crippen LogP contribution in [0.4, 0.5) is 4.39 Å². The Labute approximate surface area is 175 Å². The quantitative estimate of drug-likeness (QED) is 0.460. The molecule has 0 N–H and O–H groups in total. The number of nitrogens with zero attached hydrogens (tertiary/aromatic N) is 1. The minimum atomic E-state index is -0.663. The summed E-state index contributed by atoms with van der Waals surface area (Å²) in [6, 6.07) is 11.5. The first-order valence-corrected chi connectivity index (χ1v) is 9.47. The van der Waals surface area contributed by atoms with Crippen LogP contribution in [0.1, 0.15) is 25.0 Å². The van der Waals surface area contributed by atoms with Gasteiger partial charge >= 0.3 is 5.97 Å². The number of ether oxygens (including phenoxy) is 3. The fourth-order valence-corrected chi connectivity index (χ4v) is 2.56. The first kappa shape index (κ1) is 22.9. The average molecular weight is 415 g/mol. The lowest BCUT2D eigenvalue weighted by molar-refractivity contribution is -0.147. The Hall–Kier alpha value is -3.35. The van der Waals surface area contributed by atoms with E-state index in [0.29, 0.717) is 22.6 Å². The first-order valence-electron chi connectivity index (χ1n) is 9.47. The molecule has 160 valence electrons. The topological polar surface area (TPSA) is 65.1 Å². The van der Waals surface area contributed by atoms with Crippen LogP contribution in [0, 0.1) is 5.82 Å². The normalized spacial score (nSPS) is 10.9. The lowest BCUT2D eigenvalue weighted by atomic mass is 10.2. The molecule has 0 saturated carbocycles. The minimum absolute atomic E-state index is 0.00400. The molecule has 0 spiro atoms. The van der Waals surface area contributed by atoms with Gasteiger partial charge in [-0.2, -0.15) is 0 Å². The second-order valence-electron chi connectivity index (χ2n) is 6.86. The van der Waals surface area contributed by atoms with E-state index < -0.39 is 24.3 Å². The number of hydrogen-bond acceptors (Lipinski definition) is 5. The largest absolute Gasteiger partial charge is 0.493 e. The molecule has 0 unspecified atom stereocenters. The molecule has 2 aromatic carbocycles. The molecule has 2 rings (SSSR count). The fourth-order valence-electron chi connectivity index (χ4n) is 2.56. The fraction of sp³-hybridized carbons (Fsp3) is 0.304. The zero-order valence-corrected chi connectivity index (χ0v) is 17.6. The molecule has 30 heavy (non-hydrogen) atoms. The molecule has 0 bridgehead atoms. The summed E-state index contributed by atoms with van der Waals surface area (Å²) in [4.78, 5) is 25.3.